The molecule has 150 valence electrons. The van der Waals surface area contributed by atoms with Crippen molar-refractivity contribution in [1.82, 2.24) is 9.97 Å². The number of aromatic nitrogens is 2. The Balaban J connectivity index is 1.80. The van der Waals surface area contributed by atoms with E-state index < -0.39 is 22.5 Å². The lowest BCUT2D eigenvalue weighted by atomic mass is 10.1. The van der Waals surface area contributed by atoms with Crippen LogP contribution in [0.15, 0.2) is 60.8 Å². The monoisotopic (exact) mass is 426 g/mol. The molecule has 10 heteroatoms. The second kappa shape index (κ2) is 7.91. The van der Waals surface area contributed by atoms with Crippen LogP contribution in [0.25, 0.3) is 10.2 Å². The van der Waals surface area contributed by atoms with Gasteiger partial charge in [-0.1, -0.05) is 23.5 Å². The molecule has 4 rings (SSSR count). The molecule has 30 heavy (non-hydrogen) atoms. The quantitative estimate of drug-likeness (QED) is 0.340. The Hall–Kier alpha value is -3.79. The highest BCUT2D eigenvalue weighted by molar-refractivity contribution is 7.22. The molecule has 2 aromatic heterocycles. The number of halogens is 2. The highest BCUT2D eigenvalue weighted by Gasteiger charge is 2.24. The summed E-state index contributed by atoms with van der Waals surface area (Å²) in [5.41, 5.74) is 0.290. The van der Waals surface area contributed by atoms with E-state index >= 15 is 0 Å². The van der Waals surface area contributed by atoms with Gasteiger partial charge in [0.15, 0.2) is 10.9 Å². The zero-order valence-corrected chi connectivity index (χ0v) is 16.0. The molecule has 0 N–H and O–H groups in total. The first-order valence-corrected chi connectivity index (χ1v) is 9.46. The molecule has 7 nitrogen and oxygen atoms in total. The van der Waals surface area contributed by atoms with E-state index in [9.17, 15) is 23.7 Å². The molecule has 0 aliphatic carbocycles. The minimum Gasteiger partial charge on any atom is -0.278 e. The van der Waals surface area contributed by atoms with Crippen molar-refractivity contribution in [2.45, 2.75) is 6.54 Å². The van der Waals surface area contributed by atoms with Crippen LogP contribution < -0.4 is 4.90 Å². The van der Waals surface area contributed by atoms with E-state index in [0.717, 1.165) is 29.5 Å². The predicted octanol–water partition coefficient (Wildman–Crippen LogP) is 4.72. The van der Waals surface area contributed by atoms with Crippen LogP contribution in [0, 0.1) is 21.7 Å². The predicted molar refractivity (Wildman–Crippen MR) is 107 cm³/mol. The summed E-state index contributed by atoms with van der Waals surface area (Å²) in [5, 5.41) is 11.2. The number of pyridine rings is 1. The smallest absolute Gasteiger partial charge is 0.270 e. The van der Waals surface area contributed by atoms with Crippen LogP contribution in [0.5, 0.6) is 0 Å². The minimum absolute atomic E-state index is 0.00765. The van der Waals surface area contributed by atoms with Crippen molar-refractivity contribution in [2.24, 2.45) is 0 Å². The van der Waals surface area contributed by atoms with Crippen molar-refractivity contribution < 1.29 is 18.5 Å². The Bertz CT molecular complexity index is 1260. The van der Waals surface area contributed by atoms with Gasteiger partial charge in [-0.25, -0.2) is 13.8 Å². The van der Waals surface area contributed by atoms with Crippen molar-refractivity contribution >= 4 is 38.3 Å². The molecule has 2 heterocycles. The van der Waals surface area contributed by atoms with Crippen LogP contribution in [0.2, 0.25) is 0 Å². The summed E-state index contributed by atoms with van der Waals surface area (Å²) < 4.78 is 27.9. The fourth-order valence-electron chi connectivity index (χ4n) is 2.85. The molecule has 0 fully saturated rings. The highest BCUT2D eigenvalue weighted by Crippen LogP contribution is 2.33. The second-order valence-corrected chi connectivity index (χ2v) is 7.26. The maximum atomic E-state index is 14.1. The Labute approximate surface area is 172 Å². The maximum Gasteiger partial charge on any atom is 0.270 e. The van der Waals surface area contributed by atoms with Gasteiger partial charge in [-0.15, -0.1) is 0 Å². The van der Waals surface area contributed by atoms with E-state index in [4.69, 9.17) is 0 Å². The number of thiazole rings is 1. The minimum atomic E-state index is -0.840. The number of hydrogen-bond acceptors (Lipinski definition) is 6. The van der Waals surface area contributed by atoms with Crippen molar-refractivity contribution in [2.75, 3.05) is 4.90 Å². The van der Waals surface area contributed by atoms with Crippen molar-refractivity contribution in [3.8, 4) is 0 Å². The third-order valence-electron chi connectivity index (χ3n) is 4.23. The Morgan fingerprint density at radius 1 is 1.13 bits per heavy atom. The maximum absolute atomic E-state index is 14.1. The summed E-state index contributed by atoms with van der Waals surface area (Å²) >= 11 is 0.939. The lowest BCUT2D eigenvalue weighted by Gasteiger charge is -2.19. The van der Waals surface area contributed by atoms with Gasteiger partial charge in [-0.2, -0.15) is 0 Å². The average Bonchev–Trinajstić information content (AvgIpc) is 3.16. The van der Waals surface area contributed by atoms with Gasteiger partial charge in [0.2, 0.25) is 0 Å². The molecule has 0 radical (unpaired) electrons. The van der Waals surface area contributed by atoms with Gasteiger partial charge in [0.25, 0.3) is 11.6 Å². The Kier molecular flexibility index (Phi) is 5.15. The fraction of sp³-hybridized carbons (Fsp3) is 0.0500. The average molecular weight is 426 g/mol. The Morgan fingerprint density at radius 3 is 2.70 bits per heavy atom. The van der Waals surface area contributed by atoms with Crippen LogP contribution in [-0.2, 0) is 6.54 Å². The lowest BCUT2D eigenvalue weighted by Crippen LogP contribution is -2.30. The number of benzene rings is 2. The topological polar surface area (TPSA) is 89.2 Å². The number of amides is 1. The number of rotatable bonds is 5. The number of carbonyl (C=O) groups is 1. The summed E-state index contributed by atoms with van der Waals surface area (Å²) in [4.78, 5) is 33.3. The normalized spacial score (nSPS) is 10.9. The van der Waals surface area contributed by atoms with E-state index in [0.29, 0.717) is 5.69 Å². The van der Waals surface area contributed by atoms with Gasteiger partial charge >= 0.3 is 0 Å². The van der Waals surface area contributed by atoms with Gasteiger partial charge in [0.1, 0.15) is 11.3 Å². The number of nitro benzene ring substituents is 1. The van der Waals surface area contributed by atoms with E-state index in [1.165, 1.54) is 23.1 Å². The molecule has 0 unspecified atom stereocenters. The van der Waals surface area contributed by atoms with Crippen molar-refractivity contribution in [1.29, 1.82) is 0 Å². The number of nitro groups is 1. The first-order valence-electron chi connectivity index (χ1n) is 8.64. The zero-order valence-electron chi connectivity index (χ0n) is 15.2. The van der Waals surface area contributed by atoms with Crippen LogP contribution in [-0.4, -0.2) is 20.8 Å². The van der Waals surface area contributed by atoms with E-state index in [1.807, 2.05) is 0 Å². The number of fused-ring (bicyclic) bond motifs is 1. The van der Waals surface area contributed by atoms with E-state index in [1.54, 1.807) is 24.4 Å². The molecule has 0 bridgehead atoms. The standard InChI is InChI=1S/C20H12F2N4O3S/c21-13-9-16(22)18-17(10-13)30-20(24-18)25(11-14-5-1-2-7-23-14)19(27)12-4-3-6-15(8-12)26(28)29/h1-10H,11H2. The SMILES string of the molecule is O=C(c1cccc([N+](=O)[O-])c1)N(Cc1ccccn1)c1nc2c(F)cc(F)cc2s1. The molecular formula is C20H12F2N4O3S. The summed E-state index contributed by atoms with van der Waals surface area (Å²) in [7, 11) is 0. The molecule has 0 aliphatic rings. The summed E-state index contributed by atoms with van der Waals surface area (Å²) in [6.45, 7) is -0.00765. The second-order valence-electron chi connectivity index (χ2n) is 6.25. The number of hydrogen-bond donors (Lipinski definition) is 0. The van der Waals surface area contributed by atoms with Gasteiger partial charge in [-0.3, -0.25) is 24.8 Å². The summed E-state index contributed by atoms with van der Waals surface area (Å²) in [5.74, 6) is -2.17. The van der Waals surface area contributed by atoms with Crippen LogP contribution in [0.3, 0.4) is 0 Å². The molecule has 0 atom stereocenters. The van der Waals surface area contributed by atoms with Gasteiger partial charge < -0.3 is 0 Å². The molecule has 0 saturated heterocycles. The first-order chi connectivity index (χ1) is 14.4. The van der Waals surface area contributed by atoms with Gasteiger partial charge in [0.05, 0.1) is 21.9 Å². The summed E-state index contributed by atoms with van der Waals surface area (Å²) in [6.07, 6.45) is 1.55. The Morgan fingerprint density at radius 2 is 1.97 bits per heavy atom. The van der Waals surface area contributed by atoms with Crippen LogP contribution in [0.1, 0.15) is 16.1 Å². The lowest BCUT2D eigenvalue weighted by molar-refractivity contribution is -0.384. The number of anilines is 1. The van der Waals surface area contributed by atoms with E-state index in [2.05, 4.69) is 9.97 Å². The van der Waals surface area contributed by atoms with Gasteiger partial charge in [-0.05, 0) is 24.3 Å². The third-order valence-corrected chi connectivity index (χ3v) is 5.25. The number of non-ortho nitro benzene ring substituents is 1. The van der Waals surface area contributed by atoms with Crippen molar-refractivity contribution in [3.05, 3.63) is 93.8 Å². The molecule has 0 spiro atoms. The molecule has 4 aromatic rings. The van der Waals surface area contributed by atoms with E-state index in [-0.39, 0.29) is 33.1 Å². The zero-order chi connectivity index (χ0) is 21.3. The third kappa shape index (κ3) is 3.85. The summed E-state index contributed by atoms with van der Waals surface area (Å²) in [6, 6.07) is 12.3. The molecule has 2 aromatic carbocycles. The van der Waals surface area contributed by atoms with Crippen LogP contribution >= 0.6 is 11.3 Å². The molecular weight excluding hydrogens is 414 g/mol. The number of carbonyl (C=O) groups excluding carboxylic acids is 1. The molecule has 0 saturated carbocycles. The highest BCUT2D eigenvalue weighted by atomic mass is 32.1. The molecule has 1 amide bonds. The van der Waals surface area contributed by atoms with Gasteiger partial charge in [0, 0.05) is 30.0 Å². The number of nitrogens with zero attached hydrogens (tertiary/aromatic N) is 4. The van der Waals surface area contributed by atoms with Crippen molar-refractivity contribution in [3.63, 3.8) is 0 Å². The molecule has 0 aliphatic heterocycles. The first kappa shape index (κ1) is 19.5. The van der Waals surface area contributed by atoms with Crippen LogP contribution in [0.4, 0.5) is 19.6 Å². The largest absolute Gasteiger partial charge is 0.278 e. The fourth-order valence-corrected chi connectivity index (χ4v) is 3.85.